The lowest BCUT2D eigenvalue weighted by atomic mass is 10.2. The number of rotatable bonds is 0. The summed E-state index contributed by atoms with van der Waals surface area (Å²) in [6.45, 7) is 0. The van der Waals surface area contributed by atoms with E-state index in [0.717, 1.165) is 0 Å². The summed E-state index contributed by atoms with van der Waals surface area (Å²) < 4.78 is 0. The highest BCUT2D eigenvalue weighted by molar-refractivity contribution is 5.42. The van der Waals surface area contributed by atoms with Crippen LogP contribution in [0.15, 0.2) is 53.3 Å². The molecular formula is C23H11N3O. The molecule has 3 aromatic rings. The second-order valence-electron chi connectivity index (χ2n) is 5.25. The number of aromatic amines is 1. The minimum atomic E-state index is -0.210. The number of hydrogen-bond donors (Lipinski definition) is 1. The molecule has 0 aliphatic carbocycles. The molecule has 0 atom stereocenters. The Balaban J connectivity index is 1.91. The van der Waals surface area contributed by atoms with Gasteiger partial charge < -0.3 is 4.98 Å². The summed E-state index contributed by atoms with van der Waals surface area (Å²) in [7, 11) is 0. The van der Waals surface area contributed by atoms with Gasteiger partial charge in [-0.15, -0.1) is 12.8 Å². The van der Waals surface area contributed by atoms with Crippen molar-refractivity contribution in [2.45, 2.75) is 0 Å². The molecule has 3 aromatic heterocycles. The van der Waals surface area contributed by atoms with Crippen LogP contribution in [-0.2, 0) is 0 Å². The van der Waals surface area contributed by atoms with Gasteiger partial charge in [0.15, 0.2) is 5.43 Å². The molecule has 0 aliphatic heterocycles. The van der Waals surface area contributed by atoms with Crippen LogP contribution in [0, 0.1) is 48.4 Å². The number of aromatic nitrogens is 3. The molecular weight excluding hydrogens is 334 g/mol. The maximum atomic E-state index is 11.9. The first-order chi connectivity index (χ1) is 13.2. The fraction of sp³-hybridized carbons (Fsp3) is 0. The molecule has 0 bridgehead atoms. The molecule has 0 spiro atoms. The average molecular weight is 345 g/mol. The first-order valence-electron chi connectivity index (χ1n) is 7.82. The van der Waals surface area contributed by atoms with Crippen molar-refractivity contribution in [3.63, 3.8) is 0 Å². The van der Waals surface area contributed by atoms with Gasteiger partial charge in [0.05, 0.1) is 11.4 Å². The van der Waals surface area contributed by atoms with E-state index in [2.05, 4.69) is 50.5 Å². The fourth-order valence-corrected chi connectivity index (χ4v) is 2.11. The fourth-order valence-electron chi connectivity index (χ4n) is 2.11. The number of nitrogens with zero attached hydrogens (tertiary/aromatic N) is 2. The quantitative estimate of drug-likeness (QED) is 0.634. The van der Waals surface area contributed by atoms with Crippen LogP contribution in [0.5, 0.6) is 0 Å². The number of hydrogen-bond acceptors (Lipinski definition) is 3. The average Bonchev–Trinajstić information content (AvgIpc) is 2.71. The Labute approximate surface area is 156 Å². The second-order valence-corrected chi connectivity index (χ2v) is 5.25. The Morgan fingerprint density at radius 2 is 1.15 bits per heavy atom. The van der Waals surface area contributed by atoms with Crippen molar-refractivity contribution in [2.24, 2.45) is 0 Å². The third-order valence-corrected chi connectivity index (χ3v) is 3.29. The van der Waals surface area contributed by atoms with Crippen molar-refractivity contribution in [3.05, 3.63) is 92.9 Å². The van der Waals surface area contributed by atoms with Crippen LogP contribution in [0.1, 0.15) is 34.2 Å². The Morgan fingerprint density at radius 3 is 1.59 bits per heavy atom. The lowest BCUT2D eigenvalue weighted by molar-refractivity contribution is 1.22. The van der Waals surface area contributed by atoms with Crippen LogP contribution in [0.2, 0.25) is 0 Å². The van der Waals surface area contributed by atoms with Gasteiger partial charge in [-0.2, -0.15) is 0 Å². The normalized spacial score (nSPS) is 8.96. The van der Waals surface area contributed by atoms with E-state index in [4.69, 9.17) is 12.8 Å². The van der Waals surface area contributed by atoms with Gasteiger partial charge in [0.1, 0.15) is 22.8 Å². The largest absolute Gasteiger partial charge is 0.341 e. The van der Waals surface area contributed by atoms with Crippen molar-refractivity contribution < 1.29 is 0 Å². The summed E-state index contributed by atoms with van der Waals surface area (Å²) in [5, 5.41) is 0. The highest BCUT2D eigenvalue weighted by Gasteiger charge is 1.96. The maximum absolute atomic E-state index is 11.9. The molecule has 0 fully saturated rings. The predicted octanol–water partition coefficient (Wildman–Crippen LogP) is 1.93. The van der Waals surface area contributed by atoms with Crippen LogP contribution in [0.4, 0.5) is 0 Å². The summed E-state index contributed by atoms with van der Waals surface area (Å²) >= 11 is 0. The van der Waals surface area contributed by atoms with Crippen LogP contribution < -0.4 is 5.43 Å². The molecule has 4 heteroatoms. The molecule has 0 amide bonds. The van der Waals surface area contributed by atoms with E-state index < -0.39 is 0 Å². The lowest BCUT2D eigenvalue weighted by Crippen LogP contribution is -2.03. The monoisotopic (exact) mass is 345 g/mol. The van der Waals surface area contributed by atoms with Crippen molar-refractivity contribution in [1.29, 1.82) is 0 Å². The Kier molecular flexibility index (Phi) is 5.16. The predicted molar refractivity (Wildman–Crippen MR) is 103 cm³/mol. The van der Waals surface area contributed by atoms with Crippen molar-refractivity contribution >= 4 is 0 Å². The van der Waals surface area contributed by atoms with Gasteiger partial charge in [-0.3, -0.25) is 4.79 Å². The SMILES string of the molecule is C#Cc1cccc(C#Cc2cc(=O)cc(C#Cc3cccc(C#C)n3)[nH]2)n1. The maximum Gasteiger partial charge on any atom is 0.184 e. The molecule has 3 heterocycles. The van der Waals surface area contributed by atoms with E-state index in [1.165, 1.54) is 12.1 Å². The van der Waals surface area contributed by atoms with Gasteiger partial charge in [-0.05, 0) is 47.9 Å². The smallest absolute Gasteiger partial charge is 0.184 e. The summed E-state index contributed by atoms with van der Waals surface area (Å²) in [5.74, 6) is 16.4. The Hall–Kier alpha value is -4.51. The lowest BCUT2D eigenvalue weighted by Gasteiger charge is -1.95. The number of terminal acetylenes is 2. The third kappa shape index (κ3) is 4.74. The summed E-state index contributed by atoms with van der Waals surface area (Å²) in [6.07, 6.45) is 10.7. The van der Waals surface area contributed by atoms with Crippen molar-refractivity contribution in [2.75, 3.05) is 0 Å². The van der Waals surface area contributed by atoms with E-state index in [1.807, 2.05) is 0 Å². The van der Waals surface area contributed by atoms with Gasteiger partial charge in [-0.25, -0.2) is 9.97 Å². The van der Waals surface area contributed by atoms with E-state index in [-0.39, 0.29) is 5.43 Å². The van der Waals surface area contributed by atoms with E-state index in [9.17, 15) is 4.79 Å². The zero-order chi connectivity index (χ0) is 19.1. The topological polar surface area (TPSA) is 58.6 Å². The molecule has 0 aromatic carbocycles. The Morgan fingerprint density at radius 1 is 0.704 bits per heavy atom. The van der Waals surface area contributed by atoms with Gasteiger partial charge in [0.2, 0.25) is 0 Å². The van der Waals surface area contributed by atoms with Crippen molar-refractivity contribution in [3.8, 4) is 48.4 Å². The van der Waals surface area contributed by atoms with Crippen LogP contribution in [-0.4, -0.2) is 15.0 Å². The number of pyridine rings is 3. The summed E-state index contributed by atoms with van der Waals surface area (Å²) in [5.41, 5.74) is 2.65. The van der Waals surface area contributed by atoms with E-state index in [1.54, 1.807) is 36.4 Å². The van der Waals surface area contributed by atoms with Crippen LogP contribution >= 0.6 is 0 Å². The molecule has 0 saturated heterocycles. The minimum Gasteiger partial charge on any atom is -0.341 e. The number of H-pyrrole nitrogens is 1. The van der Waals surface area contributed by atoms with Gasteiger partial charge in [-0.1, -0.05) is 24.0 Å². The molecule has 1 N–H and O–H groups in total. The summed E-state index contributed by atoms with van der Waals surface area (Å²) in [4.78, 5) is 23.3. The molecule has 27 heavy (non-hydrogen) atoms. The molecule has 124 valence electrons. The zero-order valence-electron chi connectivity index (χ0n) is 14.1. The van der Waals surface area contributed by atoms with Crippen LogP contribution in [0.25, 0.3) is 0 Å². The van der Waals surface area contributed by atoms with E-state index >= 15 is 0 Å². The molecule has 0 radical (unpaired) electrons. The minimum absolute atomic E-state index is 0.210. The van der Waals surface area contributed by atoms with Gasteiger partial charge in [0.25, 0.3) is 0 Å². The molecule has 0 aliphatic rings. The second kappa shape index (κ2) is 8.04. The Bertz CT molecular complexity index is 1180. The van der Waals surface area contributed by atoms with Crippen LogP contribution in [0.3, 0.4) is 0 Å². The van der Waals surface area contributed by atoms with Gasteiger partial charge >= 0.3 is 0 Å². The number of nitrogens with one attached hydrogen (secondary N) is 1. The third-order valence-electron chi connectivity index (χ3n) is 3.29. The molecule has 3 rings (SSSR count). The van der Waals surface area contributed by atoms with Crippen molar-refractivity contribution in [1.82, 2.24) is 15.0 Å². The zero-order valence-corrected chi connectivity index (χ0v) is 14.1. The van der Waals surface area contributed by atoms with Gasteiger partial charge in [0, 0.05) is 12.1 Å². The molecule has 4 nitrogen and oxygen atoms in total. The highest BCUT2D eigenvalue weighted by Crippen LogP contribution is 1.99. The highest BCUT2D eigenvalue weighted by atomic mass is 16.1. The summed E-state index contributed by atoms with van der Waals surface area (Å²) in [6, 6.07) is 13.2. The molecule has 0 unspecified atom stereocenters. The molecule has 0 saturated carbocycles. The standard InChI is InChI=1S/C23H11N3O/c1-3-17-7-5-9-19(24-17)11-13-21-15-23(27)16-22(26-21)14-12-20-10-6-8-18(4-2)25-20/h1-2,5-10,15-16H,(H,26,27). The van der Waals surface area contributed by atoms with E-state index in [0.29, 0.717) is 34.2 Å². The first-order valence-corrected chi connectivity index (χ1v) is 7.82. The first kappa shape index (κ1) is 17.3.